The predicted molar refractivity (Wildman–Crippen MR) is 130 cm³/mol. The first-order valence-corrected chi connectivity index (χ1v) is 12.8. The number of carbonyl (C=O) groups excluding carboxylic acids is 1. The third-order valence-corrected chi connectivity index (χ3v) is 8.33. The zero-order valence-corrected chi connectivity index (χ0v) is 20.7. The Bertz CT molecular complexity index is 1400. The van der Waals surface area contributed by atoms with Crippen LogP contribution in [0.3, 0.4) is 0 Å². The van der Waals surface area contributed by atoms with E-state index in [2.05, 4.69) is 10.4 Å². The Balaban J connectivity index is 1.39. The number of halogens is 1. The molecule has 1 aliphatic heterocycles. The number of non-ortho nitro benzene ring substituents is 1. The third kappa shape index (κ3) is 5.14. The Morgan fingerprint density at radius 1 is 1.14 bits per heavy atom. The summed E-state index contributed by atoms with van der Waals surface area (Å²) in [5, 5.41) is 18.2. The monoisotopic (exact) mass is 515 g/mol. The first-order valence-electron chi connectivity index (χ1n) is 11.4. The number of benzene rings is 2. The molecular formula is C24H26FN5O5S. The number of nitro groups is 1. The molecule has 190 valence electrons. The molecule has 0 spiro atoms. The van der Waals surface area contributed by atoms with E-state index < -0.39 is 14.9 Å². The Labute approximate surface area is 207 Å². The third-order valence-electron chi connectivity index (χ3n) is 6.42. The number of sulfonamides is 1. The van der Waals surface area contributed by atoms with Crippen LogP contribution in [-0.4, -0.2) is 46.4 Å². The number of hydrogen-bond donors (Lipinski definition) is 1. The van der Waals surface area contributed by atoms with Crippen molar-refractivity contribution in [2.45, 2.75) is 38.1 Å². The number of nitrogens with zero attached hydrogens (tertiary/aromatic N) is 4. The van der Waals surface area contributed by atoms with Crippen LogP contribution in [0.25, 0.3) is 0 Å². The van der Waals surface area contributed by atoms with Gasteiger partial charge in [-0.25, -0.2) is 12.8 Å². The maximum Gasteiger partial charge on any atom is 0.269 e. The van der Waals surface area contributed by atoms with E-state index in [9.17, 15) is 27.7 Å². The molecule has 36 heavy (non-hydrogen) atoms. The SMILES string of the molecule is Cc1nn(Cc2ccccc2F)c(C)c1NC(=O)C1CCN(S(=O)(=O)c2ccc([N+](=O)[O-])cc2)CC1. The molecule has 12 heteroatoms. The number of aryl methyl sites for hydroxylation is 1. The van der Waals surface area contributed by atoms with Crippen molar-refractivity contribution >= 4 is 27.3 Å². The van der Waals surface area contributed by atoms with E-state index in [1.54, 1.807) is 36.7 Å². The minimum atomic E-state index is -3.82. The largest absolute Gasteiger partial charge is 0.323 e. The minimum absolute atomic E-state index is 0.0236. The number of nitrogens with one attached hydrogen (secondary N) is 1. The van der Waals surface area contributed by atoms with Crippen molar-refractivity contribution in [2.24, 2.45) is 5.92 Å². The van der Waals surface area contributed by atoms with Crippen molar-refractivity contribution in [3.63, 3.8) is 0 Å². The zero-order valence-electron chi connectivity index (χ0n) is 19.8. The molecule has 10 nitrogen and oxygen atoms in total. The maximum absolute atomic E-state index is 14.1. The molecule has 0 bridgehead atoms. The van der Waals surface area contributed by atoms with E-state index in [-0.39, 0.29) is 47.9 Å². The van der Waals surface area contributed by atoms with Gasteiger partial charge in [-0.15, -0.1) is 0 Å². The standard InChI is InChI=1S/C24H26FN5O5S/c1-16-23(17(2)29(27-16)15-19-5-3-4-6-22(19)25)26-24(31)18-11-13-28(14-12-18)36(34,35)21-9-7-20(8-10-21)30(32)33/h3-10,18H,11-15H2,1-2H3,(H,26,31). The van der Waals surface area contributed by atoms with Crippen molar-refractivity contribution in [3.05, 3.63) is 81.4 Å². The molecule has 1 fully saturated rings. The van der Waals surface area contributed by atoms with E-state index in [1.807, 2.05) is 0 Å². The van der Waals surface area contributed by atoms with Gasteiger partial charge in [-0.2, -0.15) is 9.40 Å². The first kappa shape index (κ1) is 25.5. The highest BCUT2D eigenvalue weighted by Crippen LogP contribution is 2.27. The van der Waals surface area contributed by atoms with Crippen LogP contribution < -0.4 is 5.32 Å². The highest BCUT2D eigenvalue weighted by molar-refractivity contribution is 7.89. The Morgan fingerprint density at radius 2 is 1.78 bits per heavy atom. The topological polar surface area (TPSA) is 127 Å². The van der Waals surface area contributed by atoms with Crippen molar-refractivity contribution in [1.82, 2.24) is 14.1 Å². The van der Waals surface area contributed by atoms with Gasteiger partial charge in [-0.05, 0) is 44.9 Å². The number of amides is 1. The summed E-state index contributed by atoms with van der Waals surface area (Å²) in [6, 6.07) is 11.2. The van der Waals surface area contributed by atoms with E-state index in [0.29, 0.717) is 35.5 Å². The summed E-state index contributed by atoms with van der Waals surface area (Å²) in [6.07, 6.45) is 0.666. The van der Waals surface area contributed by atoms with Gasteiger partial charge in [-0.3, -0.25) is 19.6 Å². The summed E-state index contributed by atoms with van der Waals surface area (Å²) in [5.74, 6) is -0.938. The number of piperidine rings is 1. The lowest BCUT2D eigenvalue weighted by Gasteiger charge is -2.30. The van der Waals surface area contributed by atoms with Crippen molar-refractivity contribution in [2.75, 3.05) is 18.4 Å². The lowest BCUT2D eigenvalue weighted by molar-refractivity contribution is -0.384. The van der Waals surface area contributed by atoms with E-state index in [1.165, 1.54) is 22.5 Å². The van der Waals surface area contributed by atoms with Crippen LogP contribution in [0.5, 0.6) is 0 Å². The number of anilines is 1. The summed E-state index contributed by atoms with van der Waals surface area (Å²) in [6.45, 7) is 4.10. The van der Waals surface area contributed by atoms with Gasteiger partial charge in [0, 0.05) is 36.7 Å². The van der Waals surface area contributed by atoms with Gasteiger partial charge < -0.3 is 5.32 Å². The molecule has 2 aromatic carbocycles. The van der Waals surface area contributed by atoms with Gasteiger partial charge in [0.05, 0.1) is 33.4 Å². The molecule has 1 saturated heterocycles. The molecule has 0 unspecified atom stereocenters. The molecular weight excluding hydrogens is 489 g/mol. The van der Waals surface area contributed by atoms with Gasteiger partial charge >= 0.3 is 0 Å². The second kappa shape index (κ2) is 10.2. The quantitative estimate of drug-likeness (QED) is 0.378. The average molecular weight is 516 g/mol. The summed E-state index contributed by atoms with van der Waals surface area (Å²) in [7, 11) is -3.82. The molecule has 0 saturated carbocycles. The number of aromatic nitrogens is 2. The van der Waals surface area contributed by atoms with Crippen LogP contribution >= 0.6 is 0 Å². The molecule has 0 atom stereocenters. The molecule has 1 N–H and O–H groups in total. The highest BCUT2D eigenvalue weighted by atomic mass is 32.2. The Morgan fingerprint density at radius 3 is 2.39 bits per heavy atom. The number of hydrogen-bond acceptors (Lipinski definition) is 6. The lowest BCUT2D eigenvalue weighted by Crippen LogP contribution is -2.41. The van der Waals surface area contributed by atoms with Crippen molar-refractivity contribution in [3.8, 4) is 0 Å². The molecule has 1 aromatic heterocycles. The lowest BCUT2D eigenvalue weighted by atomic mass is 9.97. The van der Waals surface area contributed by atoms with Crippen molar-refractivity contribution < 1.29 is 22.5 Å². The summed E-state index contributed by atoms with van der Waals surface area (Å²) >= 11 is 0. The summed E-state index contributed by atoms with van der Waals surface area (Å²) in [5.41, 5.74) is 2.17. The second-order valence-electron chi connectivity index (χ2n) is 8.71. The van der Waals surface area contributed by atoms with Gasteiger partial charge in [0.1, 0.15) is 5.82 Å². The van der Waals surface area contributed by atoms with Crippen LogP contribution in [0.4, 0.5) is 15.8 Å². The fourth-order valence-electron chi connectivity index (χ4n) is 4.29. The van der Waals surface area contributed by atoms with E-state index in [0.717, 1.165) is 12.1 Å². The fraction of sp³-hybridized carbons (Fsp3) is 0.333. The van der Waals surface area contributed by atoms with Crippen LogP contribution in [-0.2, 0) is 21.4 Å². The van der Waals surface area contributed by atoms with Gasteiger partial charge in [0.2, 0.25) is 15.9 Å². The normalized spacial score (nSPS) is 15.1. The molecule has 0 radical (unpaired) electrons. The fourth-order valence-corrected chi connectivity index (χ4v) is 5.76. The molecule has 1 amide bonds. The van der Waals surface area contributed by atoms with E-state index in [4.69, 9.17) is 0 Å². The number of carbonyl (C=O) groups is 1. The molecule has 3 aromatic rings. The average Bonchev–Trinajstić information content (AvgIpc) is 3.12. The molecule has 1 aliphatic rings. The van der Waals surface area contributed by atoms with Crippen LogP contribution in [0, 0.1) is 35.7 Å². The molecule has 2 heterocycles. The van der Waals surface area contributed by atoms with Gasteiger partial charge in [0.25, 0.3) is 5.69 Å². The predicted octanol–water partition coefficient (Wildman–Crippen LogP) is 3.63. The van der Waals surface area contributed by atoms with Gasteiger partial charge in [-0.1, -0.05) is 18.2 Å². The smallest absolute Gasteiger partial charge is 0.269 e. The van der Waals surface area contributed by atoms with Crippen LogP contribution in [0.1, 0.15) is 29.8 Å². The molecule has 0 aliphatic carbocycles. The molecule has 4 rings (SSSR count). The first-order chi connectivity index (χ1) is 17.1. The summed E-state index contributed by atoms with van der Waals surface area (Å²) in [4.78, 5) is 23.2. The van der Waals surface area contributed by atoms with Gasteiger partial charge in [0.15, 0.2) is 0 Å². The van der Waals surface area contributed by atoms with E-state index >= 15 is 0 Å². The Kier molecular flexibility index (Phi) is 7.18. The number of rotatable bonds is 7. The van der Waals surface area contributed by atoms with Crippen LogP contribution in [0.2, 0.25) is 0 Å². The maximum atomic E-state index is 14.1. The van der Waals surface area contributed by atoms with Crippen molar-refractivity contribution in [1.29, 1.82) is 0 Å². The zero-order chi connectivity index (χ0) is 26.0. The summed E-state index contributed by atoms with van der Waals surface area (Å²) < 4.78 is 42.8. The Hall–Kier alpha value is -3.64. The highest BCUT2D eigenvalue weighted by Gasteiger charge is 2.33. The minimum Gasteiger partial charge on any atom is -0.323 e. The number of nitro benzene ring substituents is 1. The second-order valence-corrected chi connectivity index (χ2v) is 10.7. The van der Waals surface area contributed by atoms with Crippen LogP contribution in [0.15, 0.2) is 53.4 Å².